The molecule has 6 heteroatoms. The van der Waals surface area contributed by atoms with Crippen LogP contribution in [0.1, 0.15) is 12.5 Å². The van der Waals surface area contributed by atoms with Crippen molar-refractivity contribution in [2.45, 2.75) is 12.5 Å². The van der Waals surface area contributed by atoms with E-state index in [1.54, 1.807) is 6.92 Å². The van der Waals surface area contributed by atoms with Crippen LogP contribution in [-0.2, 0) is 5.60 Å². The van der Waals surface area contributed by atoms with Gasteiger partial charge in [0, 0.05) is 0 Å². The van der Waals surface area contributed by atoms with Gasteiger partial charge in [0.15, 0.2) is 5.96 Å². The molecule has 0 aliphatic carbocycles. The molecule has 90 valence electrons. The lowest BCUT2D eigenvalue weighted by Crippen LogP contribution is -2.30. The highest BCUT2D eigenvalue weighted by atomic mass is 127. The molecule has 0 bridgehead atoms. The summed E-state index contributed by atoms with van der Waals surface area (Å²) in [5.74, 6) is -0.436. The molecule has 5 N–H and O–H groups in total. The Labute approximate surface area is 111 Å². The second-order valence-corrected chi connectivity index (χ2v) is 3.52. The number of guanidine groups is 1. The van der Waals surface area contributed by atoms with E-state index in [0.29, 0.717) is 5.56 Å². The Morgan fingerprint density at radius 1 is 1.38 bits per heavy atom. The fourth-order valence-electron chi connectivity index (χ4n) is 1.15. The van der Waals surface area contributed by atoms with Crippen molar-refractivity contribution in [1.82, 2.24) is 0 Å². The van der Waals surface area contributed by atoms with Crippen molar-refractivity contribution in [3.63, 3.8) is 0 Å². The zero-order valence-corrected chi connectivity index (χ0v) is 11.2. The number of nitrogens with two attached hydrogens (primary N) is 2. The molecule has 1 aromatic carbocycles. The van der Waals surface area contributed by atoms with E-state index in [0.717, 1.165) is 0 Å². The summed E-state index contributed by atoms with van der Waals surface area (Å²) in [7, 11) is 0. The minimum Gasteiger partial charge on any atom is -0.384 e. The van der Waals surface area contributed by atoms with E-state index in [-0.39, 0.29) is 42.3 Å². The standard InChI is InChI=1S/C10H14FN3O.HI/c1-10(15,6-14-9(12)13)7-2-4-8(11)5-3-7;/h2-5,15H,6H2,1H3,(H4,12,13,14);1H. The van der Waals surface area contributed by atoms with Gasteiger partial charge in [-0.3, -0.25) is 4.99 Å². The Bertz CT molecular complexity index is 361. The number of benzene rings is 1. The SMILES string of the molecule is CC(O)(CN=C(N)N)c1ccc(F)cc1.I. The molecule has 1 aromatic rings. The van der Waals surface area contributed by atoms with Crippen LogP contribution in [-0.4, -0.2) is 17.6 Å². The Hall–Kier alpha value is -0.890. The smallest absolute Gasteiger partial charge is 0.186 e. The zero-order valence-electron chi connectivity index (χ0n) is 8.85. The van der Waals surface area contributed by atoms with Crippen molar-refractivity contribution in [3.05, 3.63) is 35.6 Å². The van der Waals surface area contributed by atoms with Crippen LogP contribution in [0.15, 0.2) is 29.3 Å². The number of aliphatic hydroxyl groups is 1. The van der Waals surface area contributed by atoms with Gasteiger partial charge in [-0.2, -0.15) is 0 Å². The maximum absolute atomic E-state index is 12.6. The maximum atomic E-state index is 12.6. The first-order chi connectivity index (χ1) is 6.92. The van der Waals surface area contributed by atoms with Gasteiger partial charge in [0.25, 0.3) is 0 Å². The highest BCUT2D eigenvalue weighted by Gasteiger charge is 2.22. The summed E-state index contributed by atoms with van der Waals surface area (Å²) < 4.78 is 12.6. The third kappa shape index (κ3) is 4.31. The minimum absolute atomic E-state index is 0. The molecule has 16 heavy (non-hydrogen) atoms. The van der Waals surface area contributed by atoms with Crippen LogP contribution < -0.4 is 11.5 Å². The van der Waals surface area contributed by atoms with Gasteiger partial charge in [-0.1, -0.05) is 12.1 Å². The molecule has 0 aliphatic rings. The first kappa shape index (κ1) is 15.1. The second kappa shape index (κ2) is 6.00. The van der Waals surface area contributed by atoms with Crippen LogP contribution in [0, 0.1) is 5.82 Å². The predicted octanol–water partition coefficient (Wildman–Crippen LogP) is 0.925. The van der Waals surface area contributed by atoms with Gasteiger partial charge in [0.2, 0.25) is 0 Å². The van der Waals surface area contributed by atoms with Crippen molar-refractivity contribution in [2.75, 3.05) is 6.54 Å². The number of aliphatic imine (C=N–C) groups is 1. The molecule has 0 amide bonds. The zero-order chi connectivity index (χ0) is 11.5. The van der Waals surface area contributed by atoms with E-state index < -0.39 is 5.60 Å². The average molecular weight is 339 g/mol. The average Bonchev–Trinajstić information content (AvgIpc) is 2.16. The molecule has 0 saturated heterocycles. The van der Waals surface area contributed by atoms with Crippen LogP contribution >= 0.6 is 24.0 Å². The molecule has 1 unspecified atom stereocenters. The normalized spacial score (nSPS) is 13.4. The highest BCUT2D eigenvalue weighted by molar-refractivity contribution is 14.0. The molecular weight excluding hydrogens is 324 g/mol. The number of halogens is 2. The molecule has 1 atom stereocenters. The molecule has 0 radical (unpaired) electrons. The third-order valence-electron chi connectivity index (χ3n) is 2.04. The number of rotatable bonds is 3. The Balaban J connectivity index is 0.00000225. The van der Waals surface area contributed by atoms with Crippen molar-refractivity contribution < 1.29 is 9.50 Å². The Morgan fingerprint density at radius 3 is 2.31 bits per heavy atom. The molecule has 0 fully saturated rings. The monoisotopic (exact) mass is 339 g/mol. The molecule has 0 saturated carbocycles. The molecule has 0 heterocycles. The topological polar surface area (TPSA) is 84.6 Å². The summed E-state index contributed by atoms with van der Waals surface area (Å²) in [5.41, 5.74) is 9.68. The quantitative estimate of drug-likeness (QED) is 0.435. The first-order valence-electron chi connectivity index (χ1n) is 4.45. The molecule has 4 nitrogen and oxygen atoms in total. The largest absolute Gasteiger partial charge is 0.384 e. The maximum Gasteiger partial charge on any atom is 0.186 e. The summed E-state index contributed by atoms with van der Waals surface area (Å²) in [6.07, 6.45) is 0. The molecular formula is C10H15FIN3O. The predicted molar refractivity (Wildman–Crippen MR) is 72.1 cm³/mol. The second-order valence-electron chi connectivity index (χ2n) is 3.52. The summed E-state index contributed by atoms with van der Waals surface area (Å²) >= 11 is 0. The summed E-state index contributed by atoms with van der Waals surface area (Å²) in [5, 5.41) is 9.98. The van der Waals surface area contributed by atoms with Gasteiger partial charge >= 0.3 is 0 Å². The van der Waals surface area contributed by atoms with Gasteiger partial charge in [0.1, 0.15) is 11.4 Å². The van der Waals surface area contributed by atoms with Crippen LogP contribution in [0.2, 0.25) is 0 Å². The van der Waals surface area contributed by atoms with Crippen LogP contribution in [0.25, 0.3) is 0 Å². The van der Waals surface area contributed by atoms with Gasteiger partial charge in [-0.15, -0.1) is 24.0 Å². The van der Waals surface area contributed by atoms with Crippen LogP contribution in [0.5, 0.6) is 0 Å². The lowest BCUT2D eigenvalue weighted by atomic mass is 9.96. The Kier molecular flexibility index (Phi) is 5.66. The van der Waals surface area contributed by atoms with Gasteiger partial charge < -0.3 is 16.6 Å². The number of hydrogen-bond acceptors (Lipinski definition) is 2. The minimum atomic E-state index is -1.20. The number of hydrogen-bond donors (Lipinski definition) is 3. The lowest BCUT2D eigenvalue weighted by molar-refractivity contribution is 0.0673. The fraction of sp³-hybridized carbons (Fsp3) is 0.300. The third-order valence-corrected chi connectivity index (χ3v) is 2.04. The van der Waals surface area contributed by atoms with Crippen molar-refractivity contribution >= 4 is 29.9 Å². The van der Waals surface area contributed by atoms with Crippen molar-refractivity contribution in [1.29, 1.82) is 0 Å². The van der Waals surface area contributed by atoms with Crippen molar-refractivity contribution in [3.8, 4) is 0 Å². The van der Waals surface area contributed by atoms with Gasteiger partial charge in [-0.05, 0) is 24.6 Å². The van der Waals surface area contributed by atoms with E-state index in [4.69, 9.17) is 11.5 Å². The van der Waals surface area contributed by atoms with E-state index in [1.807, 2.05) is 0 Å². The van der Waals surface area contributed by atoms with Gasteiger partial charge in [-0.25, -0.2) is 4.39 Å². The highest BCUT2D eigenvalue weighted by Crippen LogP contribution is 2.20. The first-order valence-corrected chi connectivity index (χ1v) is 4.45. The molecule has 0 aliphatic heterocycles. The van der Waals surface area contributed by atoms with E-state index in [9.17, 15) is 9.50 Å². The summed E-state index contributed by atoms with van der Waals surface area (Å²) in [6.45, 7) is 1.60. The van der Waals surface area contributed by atoms with E-state index in [2.05, 4.69) is 4.99 Å². The molecule has 0 aromatic heterocycles. The summed E-state index contributed by atoms with van der Waals surface area (Å²) in [6, 6.07) is 5.55. The fourth-order valence-corrected chi connectivity index (χ4v) is 1.15. The van der Waals surface area contributed by atoms with Crippen LogP contribution in [0.3, 0.4) is 0 Å². The number of nitrogens with zero attached hydrogens (tertiary/aromatic N) is 1. The molecule has 1 rings (SSSR count). The van der Waals surface area contributed by atoms with Crippen LogP contribution in [0.4, 0.5) is 4.39 Å². The van der Waals surface area contributed by atoms with Crippen molar-refractivity contribution in [2.24, 2.45) is 16.5 Å². The Morgan fingerprint density at radius 2 is 1.88 bits per heavy atom. The summed E-state index contributed by atoms with van der Waals surface area (Å²) in [4.78, 5) is 3.72. The van der Waals surface area contributed by atoms with Gasteiger partial charge in [0.05, 0.1) is 6.54 Å². The van der Waals surface area contributed by atoms with E-state index in [1.165, 1.54) is 24.3 Å². The molecule has 0 spiro atoms. The lowest BCUT2D eigenvalue weighted by Gasteiger charge is -2.21. The van der Waals surface area contributed by atoms with E-state index >= 15 is 0 Å².